The maximum atomic E-state index is 12.3. The zero-order chi connectivity index (χ0) is 20.4. The molecule has 0 aliphatic heterocycles. The molecular weight excluding hydrogens is 366 g/mol. The van der Waals surface area contributed by atoms with Crippen LogP contribution in [0, 0.1) is 0 Å². The highest BCUT2D eigenvalue weighted by molar-refractivity contribution is 5.90. The molecule has 144 valence electrons. The van der Waals surface area contributed by atoms with E-state index in [9.17, 15) is 19.2 Å². The lowest BCUT2D eigenvalue weighted by Gasteiger charge is -2.17. The molecule has 0 saturated heterocycles. The molecule has 0 saturated carbocycles. The Labute approximate surface area is 158 Å². The van der Waals surface area contributed by atoms with Crippen molar-refractivity contribution < 1.29 is 14.3 Å². The predicted molar refractivity (Wildman–Crippen MR) is 100 cm³/mol. The number of fused-ring (bicyclic) bond motifs is 1. The number of rotatable bonds is 5. The Kier molecular flexibility index (Phi) is 5.03. The Morgan fingerprint density at radius 2 is 1.86 bits per heavy atom. The Morgan fingerprint density at radius 3 is 2.46 bits per heavy atom. The maximum absolute atomic E-state index is 12.3. The summed E-state index contributed by atoms with van der Waals surface area (Å²) in [5.74, 6) is -0.481. The average Bonchev–Trinajstić information content (AvgIpc) is 2.74. The minimum atomic E-state index is -0.562. The molecular formula is C18H17N5O5. The zero-order valence-electron chi connectivity index (χ0n) is 15.4. The Hall–Kier alpha value is -3.82. The zero-order valence-corrected chi connectivity index (χ0v) is 15.4. The second-order valence-electron chi connectivity index (χ2n) is 6.01. The minimum Gasteiger partial charge on any atom is -0.465 e. The largest absolute Gasteiger partial charge is 0.465 e. The molecule has 2 heterocycles. The summed E-state index contributed by atoms with van der Waals surface area (Å²) in [6.07, 6.45) is 2.01. The van der Waals surface area contributed by atoms with E-state index in [4.69, 9.17) is 0 Å². The highest BCUT2D eigenvalue weighted by Gasteiger charge is 2.14. The predicted octanol–water partition coefficient (Wildman–Crippen LogP) is -0.0232. The van der Waals surface area contributed by atoms with Crippen LogP contribution in [0.2, 0.25) is 0 Å². The van der Waals surface area contributed by atoms with Crippen LogP contribution in [-0.4, -0.2) is 38.6 Å². The van der Waals surface area contributed by atoms with Crippen LogP contribution in [0.25, 0.3) is 11.2 Å². The number of anilines is 1. The molecule has 10 heteroatoms. The van der Waals surface area contributed by atoms with E-state index in [-0.39, 0.29) is 17.7 Å². The van der Waals surface area contributed by atoms with Gasteiger partial charge in [-0.05, 0) is 24.3 Å². The van der Waals surface area contributed by atoms with Gasteiger partial charge in [0.2, 0.25) is 6.41 Å². The number of amides is 1. The molecule has 3 rings (SSSR count). The lowest BCUT2D eigenvalue weighted by Crippen LogP contribution is -2.38. The van der Waals surface area contributed by atoms with Gasteiger partial charge in [-0.25, -0.2) is 19.6 Å². The van der Waals surface area contributed by atoms with E-state index in [1.165, 1.54) is 49.0 Å². The molecule has 0 atom stereocenters. The highest BCUT2D eigenvalue weighted by atomic mass is 16.5. The van der Waals surface area contributed by atoms with Crippen LogP contribution in [-0.2, 0) is 30.2 Å². The van der Waals surface area contributed by atoms with Gasteiger partial charge in [0, 0.05) is 19.8 Å². The SMILES string of the molecule is COC(=O)c1ccc(N(C=O)Cc2cnc3c(n2)c(=O)n(C)c(=O)n3C)cc1. The monoisotopic (exact) mass is 383 g/mol. The number of methoxy groups -OCH3 is 1. The van der Waals surface area contributed by atoms with Crippen molar-refractivity contribution in [1.82, 2.24) is 19.1 Å². The standard InChI is InChI=1S/C18H17N5O5/c1-21-15-14(16(25)22(2)18(21)27)20-12(8-19-15)9-23(10-24)13-6-4-11(5-7-13)17(26)28-3/h4-8,10H,9H2,1-3H3. The van der Waals surface area contributed by atoms with Crippen molar-refractivity contribution in [3.63, 3.8) is 0 Å². The first-order chi connectivity index (χ1) is 13.4. The van der Waals surface area contributed by atoms with Gasteiger partial charge >= 0.3 is 11.7 Å². The molecule has 10 nitrogen and oxygen atoms in total. The topological polar surface area (TPSA) is 116 Å². The van der Waals surface area contributed by atoms with Crippen molar-refractivity contribution >= 4 is 29.2 Å². The van der Waals surface area contributed by atoms with Gasteiger partial charge in [-0.3, -0.25) is 18.7 Å². The summed E-state index contributed by atoms with van der Waals surface area (Å²) in [5.41, 5.74) is 0.385. The fourth-order valence-corrected chi connectivity index (χ4v) is 2.72. The lowest BCUT2D eigenvalue weighted by atomic mass is 10.2. The van der Waals surface area contributed by atoms with Crippen molar-refractivity contribution in [2.75, 3.05) is 12.0 Å². The molecule has 0 spiro atoms. The Bertz CT molecular complexity index is 1180. The van der Waals surface area contributed by atoms with Crippen LogP contribution < -0.4 is 16.1 Å². The smallest absolute Gasteiger partial charge is 0.337 e. The summed E-state index contributed by atoms with van der Waals surface area (Å²) in [7, 11) is 4.14. The van der Waals surface area contributed by atoms with Crippen molar-refractivity contribution in [1.29, 1.82) is 0 Å². The summed E-state index contributed by atoms with van der Waals surface area (Å²) in [6, 6.07) is 6.26. The second kappa shape index (κ2) is 7.43. The lowest BCUT2D eigenvalue weighted by molar-refractivity contribution is -0.107. The third-order valence-electron chi connectivity index (χ3n) is 4.28. The number of benzene rings is 1. The molecule has 1 aromatic carbocycles. The van der Waals surface area contributed by atoms with Crippen LogP contribution in [0.3, 0.4) is 0 Å². The first-order valence-corrected chi connectivity index (χ1v) is 8.19. The third-order valence-corrected chi connectivity index (χ3v) is 4.28. The van der Waals surface area contributed by atoms with Crippen molar-refractivity contribution in [3.05, 3.63) is 62.6 Å². The molecule has 0 aliphatic rings. The average molecular weight is 383 g/mol. The first kappa shape index (κ1) is 19.0. The van der Waals surface area contributed by atoms with Gasteiger partial charge in [-0.1, -0.05) is 0 Å². The summed E-state index contributed by atoms with van der Waals surface area (Å²) in [4.78, 5) is 57.1. The van der Waals surface area contributed by atoms with E-state index in [1.54, 1.807) is 12.1 Å². The number of hydrogen-bond donors (Lipinski definition) is 0. The highest BCUT2D eigenvalue weighted by Crippen LogP contribution is 2.17. The number of esters is 1. The minimum absolute atomic E-state index is 0.0361. The maximum Gasteiger partial charge on any atom is 0.337 e. The number of carbonyl (C=O) groups excluding carboxylic acids is 2. The number of nitrogens with zero attached hydrogens (tertiary/aromatic N) is 5. The number of carbonyl (C=O) groups is 2. The normalized spacial score (nSPS) is 10.7. The fraction of sp³-hybridized carbons (Fsp3) is 0.222. The van der Waals surface area contributed by atoms with E-state index < -0.39 is 17.2 Å². The van der Waals surface area contributed by atoms with Gasteiger partial charge < -0.3 is 9.64 Å². The van der Waals surface area contributed by atoms with Gasteiger partial charge in [-0.2, -0.15) is 0 Å². The van der Waals surface area contributed by atoms with Gasteiger partial charge in [0.15, 0.2) is 11.2 Å². The van der Waals surface area contributed by atoms with E-state index in [1.807, 2.05) is 0 Å². The number of aromatic nitrogens is 4. The number of aryl methyl sites for hydroxylation is 1. The number of ether oxygens (including phenoxy) is 1. The fourth-order valence-electron chi connectivity index (χ4n) is 2.72. The third kappa shape index (κ3) is 3.27. The van der Waals surface area contributed by atoms with Gasteiger partial charge in [0.05, 0.1) is 31.1 Å². The van der Waals surface area contributed by atoms with Crippen LogP contribution in [0.1, 0.15) is 16.1 Å². The molecule has 0 aliphatic carbocycles. The van der Waals surface area contributed by atoms with Crippen molar-refractivity contribution in [2.24, 2.45) is 14.1 Å². The summed E-state index contributed by atoms with van der Waals surface area (Å²) in [6.45, 7) is 0.0516. The van der Waals surface area contributed by atoms with Crippen LogP contribution in [0.4, 0.5) is 5.69 Å². The van der Waals surface area contributed by atoms with Gasteiger partial charge in [-0.15, -0.1) is 0 Å². The molecule has 0 bridgehead atoms. The van der Waals surface area contributed by atoms with E-state index in [0.717, 1.165) is 4.57 Å². The Morgan fingerprint density at radius 1 is 1.18 bits per heavy atom. The molecule has 0 N–H and O–H groups in total. The number of hydrogen-bond acceptors (Lipinski definition) is 7. The second-order valence-corrected chi connectivity index (χ2v) is 6.01. The Balaban J connectivity index is 1.96. The van der Waals surface area contributed by atoms with Crippen LogP contribution in [0.5, 0.6) is 0 Å². The molecule has 0 unspecified atom stereocenters. The van der Waals surface area contributed by atoms with E-state index in [0.29, 0.717) is 23.4 Å². The summed E-state index contributed by atoms with van der Waals surface area (Å²) >= 11 is 0. The quantitative estimate of drug-likeness (QED) is 0.449. The molecule has 3 aromatic rings. The molecule has 0 radical (unpaired) electrons. The molecule has 1 amide bonds. The van der Waals surface area contributed by atoms with E-state index >= 15 is 0 Å². The van der Waals surface area contributed by atoms with Crippen LogP contribution in [0.15, 0.2) is 40.1 Å². The van der Waals surface area contributed by atoms with E-state index in [2.05, 4.69) is 14.7 Å². The van der Waals surface area contributed by atoms with Gasteiger partial charge in [0.1, 0.15) is 0 Å². The molecule has 0 fully saturated rings. The summed E-state index contributed by atoms with van der Waals surface area (Å²) in [5, 5.41) is 0. The van der Waals surface area contributed by atoms with Crippen LogP contribution >= 0.6 is 0 Å². The van der Waals surface area contributed by atoms with Crippen molar-refractivity contribution in [3.8, 4) is 0 Å². The van der Waals surface area contributed by atoms with Gasteiger partial charge in [0.25, 0.3) is 5.56 Å². The first-order valence-electron chi connectivity index (χ1n) is 8.19. The molecule has 28 heavy (non-hydrogen) atoms. The summed E-state index contributed by atoms with van der Waals surface area (Å²) < 4.78 is 6.82. The molecule has 2 aromatic heterocycles. The van der Waals surface area contributed by atoms with Crippen molar-refractivity contribution in [2.45, 2.75) is 6.54 Å².